The molecule has 0 atom stereocenters. The van der Waals surface area contributed by atoms with Gasteiger partial charge in [0.05, 0.1) is 0 Å². The zero-order valence-electron chi connectivity index (χ0n) is 18.4. The summed E-state index contributed by atoms with van der Waals surface area (Å²) in [5.74, 6) is -3.43. The van der Waals surface area contributed by atoms with E-state index in [1.54, 1.807) is 0 Å². The molecule has 0 saturated carbocycles. The van der Waals surface area contributed by atoms with E-state index in [2.05, 4.69) is 0 Å². The highest BCUT2D eigenvalue weighted by molar-refractivity contribution is 5.99. The van der Waals surface area contributed by atoms with Gasteiger partial charge < -0.3 is 39.1 Å². The van der Waals surface area contributed by atoms with Crippen molar-refractivity contribution in [3.05, 3.63) is 68.4 Å². The van der Waals surface area contributed by atoms with Crippen LogP contribution in [0, 0.1) is 0 Å². The first-order valence-electron chi connectivity index (χ1n) is 10.7. The molecule has 1 aliphatic heterocycles. The molecule has 4 N–H and O–H groups in total. The molecule has 1 fully saturated rings. The number of phenols is 4. The second-order valence-corrected chi connectivity index (χ2v) is 8.18. The van der Waals surface area contributed by atoms with Gasteiger partial charge in [-0.05, 0) is 36.4 Å². The number of rotatable bonds is 2. The number of phenolic OH excluding ortho intramolecular Hbond substituents is 4. The van der Waals surface area contributed by atoms with Gasteiger partial charge in [-0.15, -0.1) is 0 Å². The van der Waals surface area contributed by atoms with Crippen LogP contribution >= 0.6 is 0 Å². The van der Waals surface area contributed by atoms with Crippen molar-refractivity contribution < 1.29 is 38.8 Å². The van der Waals surface area contributed by atoms with Crippen LogP contribution in [0.25, 0.3) is 21.9 Å². The predicted octanol–water partition coefficient (Wildman–Crippen LogP) is 1.32. The van der Waals surface area contributed by atoms with Crippen molar-refractivity contribution in [2.45, 2.75) is 0 Å². The predicted molar refractivity (Wildman–Crippen MR) is 123 cm³/mol. The van der Waals surface area contributed by atoms with E-state index < -0.39 is 46.1 Å². The average Bonchev–Trinajstić information content (AvgIpc) is 2.88. The molecule has 184 valence electrons. The van der Waals surface area contributed by atoms with Gasteiger partial charge in [0.1, 0.15) is 11.1 Å². The van der Waals surface area contributed by atoms with Crippen LogP contribution < -0.4 is 11.3 Å². The third kappa shape index (κ3) is 3.64. The molecular formula is C24H18N2O10. The van der Waals surface area contributed by atoms with E-state index in [1.807, 2.05) is 0 Å². The van der Waals surface area contributed by atoms with E-state index in [-0.39, 0.29) is 59.2 Å². The number of hydrogen-bond donors (Lipinski definition) is 4. The zero-order valence-corrected chi connectivity index (χ0v) is 18.4. The SMILES string of the molecule is O=C(c1cc2ccc(O)c(O)c2oc1=O)N1CCN(C(=O)c2cc3ccc(O)c(O)c3oc2=O)CC1. The Morgan fingerprint density at radius 3 is 1.36 bits per heavy atom. The first-order chi connectivity index (χ1) is 17.2. The Labute approximate surface area is 200 Å². The third-order valence-corrected chi connectivity index (χ3v) is 6.03. The average molecular weight is 494 g/mol. The lowest BCUT2D eigenvalue weighted by Gasteiger charge is -2.34. The van der Waals surface area contributed by atoms with Crippen molar-refractivity contribution in [2.24, 2.45) is 0 Å². The monoisotopic (exact) mass is 494 g/mol. The Morgan fingerprint density at radius 1 is 0.639 bits per heavy atom. The van der Waals surface area contributed by atoms with Crippen molar-refractivity contribution in [1.82, 2.24) is 9.80 Å². The van der Waals surface area contributed by atoms with Crippen molar-refractivity contribution in [3.63, 3.8) is 0 Å². The number of hydrogen-bond acceptors (Lipinski definition) is 10. The van der Waals surface area contributed by atoms with Gasteiger partial charge in [0.2, 0.25) is 11.5 Å². The van der Waals surface area contributed by atoms with Crippen molar-refractivity contribution in [2.75, 3.05) is 26.2 Å². The van der Waals surface area contributed by atoms with Crippen molar-refractivity contribution >= 4 is 33.8 Å². The van der Waals surface area contributed by atoms with E-state index in [1.165, 1.54) is 46.2 Å². The van der Waals surface area contributed by atoms with E-state index in [4.69, 9.17) is 8.83 Å². The van der Waals surface area contributed by atoms with E-state index in [9.17, 15) is 39.6 Å². The summed E-state index contributed by atoms with van der Waals surface area (Å²) in [5.41, 5.74) is -3.02. The summed E-state index contributed by atoms with van der Waals surface area (Å²) in [6.45, 7) is 0.264. The molecule has 2 aromatic carbocycles. The molecule has 5 rings (SSSR count). The molecule has 1 saturated heterocycles. The molecule has 1 aliphatic rings. The Hall–Kier alpha value is -5.00. The molecule has 0 unspecified atom stereocenters. The van der Waals surface area contributed by atoms with Crippen LogP contribution in [0.15, 0.2) is 54.8 Å². The number of aromatic hydroxyl groups is 4. The number of benzene rings is 2. The molecule has 4 aromatic rings. The summed E-state index contributed by atoms with van der Waals surface area (Å²) in [6.07, 6.45) is 0. The van der Waals surface area contributed by atoms with E-state index in [0.29, 0.717) is 0 Å². The molecule has 3 heterocycles. The fraction of sp³-hybridized carbons (Fsp3) is 0.167. The summed E-state index contributed by atoms with van der Waals surface area (Å²) in [6, 6.07) is 7.68. The molecule has 12 heteroatoms. The lowest BCUT2D eigenvalue weighted by atomic mass is 10.1. The summed E-state index contributed by atoms with van der Waals surface area (Å²) in [7, 11) is 0. The first-order valence-corrected chi connectivity index (χ1v) is 10.7. The van der Waals surface area contributed by atoms with Crippen LogP contribution in [0.4, 0.5) is 0 Å². The normalized spacial score (nSPS) is 13.9. The molecule has 2 aromatic heterocycles. The summed E-state index contributed by atoms with van der Waals surface area (Å²) in [4.78, 5) is 53.4. The first kappa shape index (κ1) is 22.8. The standard InChI is InChI=1S/C24H18N2O10/c27-15-3-1-11-9-13(23(33)35-19(11)17(15)29)21(31)25-5-7-26(8-6-25)22(32)14-10-12-2-4-16(28)18(30)20(12)36-24(14)34/h1-4,9-10,27-30H,5-8H2. The minimum Gasteiger partial charge on any atom is -0.504 e. The molecule has 0 radical (unpaired) electrons. The minimum absolute atomic E-state index is 0.0659. The highest BCUT2D eigenvalue weighted by Gasteiger charge is 2.29. The van der Waals surface area contributed by atoms with Gasteiger partial charge in [-0.3, -0.25) is 9.59 Å². The molecule has 0 bridgehead atoms. The fourth-order valence-corrected chi connectivity index (χ4v) is 4.07. The second kappa shape index (κ2) is 8.34. The Bertz CT molecular complexity index is 1550. The van der Waals surface area contributed by atoms with Crippen LogP contribution in [-0.2, 0) is 0 Å². The lowest BCUT2D eigenvalue weighted by molar-refractivity contribution is 0.0531. The maximum Gasteiger partial charge on any atom is 0.349 e. The molecule has 0 spiro atoms. The third-order valence-electron chi connectivity index (χ3n) is 6.03. The lowest BCUT2D eigenvalue weighted by Crippen LogP contribution is -2.51. The van der Waals surface area contributed by atoms with Gasteiger partial charge in [-0.1, -0.05) is 0 Å². The zero-order chi connectivity index (χ0) is 25.7. The molecule has 0 aliphatic carbocycles. The van der Waals surface area contributed by atoms with E-state index in [0.717, 1.165) is 0 Å². The molecular weight excluding hydrogens is 476 g/mol. The number of carbonyl (C=O) groups is 2. The van der Waals surface area contributed by atoms with Gasteiger partial charge in [0, 0.05) is 37.0 Å². The van der Waals surface area contributed by atoms with E-state index >= 15 is 0 Å². The van der Waals surface area contributed by atoms with Gasteiger partial charge in [-0.2, -0.15) is 0 Å². The smallest absolute Gasteiger partial charge is 0.349 e. The fourth-order valence-electron chi connectivity index (χ4n) is 4.07. The van der Waals surface area contributed by atoms with Gasteiger partial charge >= 0.3 is 11.3 Å². The largest absolute Gasteiger partial charge is 0.504 e. The maximum atomic E-state index is 13.0. The number of amides is 2. The topological polar surface area (TPSA) is 182 Å². The molecule has 36 heavy (non-hydrogen) atoms. The Morgan fingerprint density at radius 2 is 1.00 bits per heavy atom. The summed E-state index contributed by atoms with van der Waals surface area (Å²) < 4.78 is 10.1. The van der Waals surface area contributed by atoms with Crippen molar-refractivity contribution in [3.8, 4) is 23.0 Å². The van der Waals surface area contributed by atoms with Gasteiger partial charge in [0.25, 0.3) is 11.8 Å². The Balaban J connectivity index is 1.34. The number of carbonyl (C=O) groups excluding carboxylic acids is 2. The van der Waals surface area contributed by atoms with Crippen molar-refractivity contribution in [1.29, 1.82) is 0 Å². The quantitative estimate of drug-likeness (QED) is 0.234. The molecule has 2 amide bonds. The highest BCUT2D eigenvalue weighted by Crippen LogP contribution is 2.34. The highest BCUT2D eigenvalue weighted by atomic mass is 16.4. The number of nitrogens with zero attached hydrogens (tertiary/aromatic N) is 2. The maximum absolute atomic E-state index is 13.0. The minimum atomic E-state index is -0.991. The van der Waals surface area contributed by atoms with Crippen LogP contribution in [0.1, 0.15) is 20.7 Å². The summed E-state index contributed by atoms with van der Waals surface area (Å²) >= 11 is 0. The van der Waals surface area contributed by atoms with Crippen LogP contribution in [0.2, 0.25) is 0 Å². The molecule has 12 nitrogen and oxygen atoms in total. The van der Waals surface area contributed by atoms with Gasteiger partial charge in [-0.25, -0.2) is 9.59 Å². The number of piperazine rings is 1. The van der Waals surface area contributed by atoms with Crippen LogP contribution in [-0.4, -0.2) is 68.2 Å². The van der Waals surface area contributed by atoms with Crippen LogP contribution in [0.3, 0.4) is 0 Å². The summed E-state index contributed by atoms with van der Waals surface area (Å²) in [5, 5.41) is 39.4. The van der Waals surface area contributed by atoms with Gasteiger partial charge in [0.15, 0.2) is 22.7 Å². The number of fused-ring (bicyclic) bond motifs is 2. The van der Waals surface area contributed by atoms with Crippen LogP contribution in [0.5, 0.6) is 23.0 Å². The second-order valence-electron chi connectivity index (χ2n) is 8.18. The Kier molecular flexibility index (Phi) is 5.28.